The topological polar surface area (TPSA) is 20.3 Å². The van der Waals surface area contributed by atoms with E-state index in [4.69, 9.17) is 11.6 Å². The van der Waals surface area contributed by atoms with Crippen LogP contribution in [0.25, 0.3) is 0 Å². The van der Waals surface area contributed by atoms with E-state index in [-0.39, 0.29) is 11.7 Å². The molecule has 1 atom stereocenters. The van der Waals surface area contributed by atoms with Crippen LogP contribution in [-0.4, -0.2) is 30.3 Å². The molecule has 0 radical (unpaired) electrons. The van der Waals surface area contributed by atoms with Crippen LogP contribution in [0.5, 0.6) is 0 Å². The molecule has 2 nitrogen and oxygen atoms in total. The lowest BCUT2D eigenvalue weighted by atomic mass is 9.88. The SMILES string of the molecule is O=C(c1ccc(Cl)cc1)C(CCN1CCCCCC1)c1ccccc1. The summed E-state index contributed by atoms with van der Waals surface area (Å²) in [5, 5.41) is 0.664. The Hall–Kier alpha value is -1.64. The molecular weight excluding hydrogens is 330 g/mol. The fourth-order valence-electron chi connectivity index (χ4n) is 3.62. The molecule has 3 heteroatoms. The Labute approximate surface area is 155 Å². The van der Waals surface area contributed by atoms with E-state index in [9.17, 15) is 4.79 Å². The number of Topliss-reactive ketones (excluding diaryl/α,β-unsaturated/α-hetero) is 1. The maximum atomic E-state index is 13.1. The van der Waals surface area contributed by atoms with Gasteiger partial charge in [0.2, 0.25) is 0 Å². The van der Waals surface area contributed by atoms with Crippen molar-refractivity contribution in [2.45, 2.75) is 38.0 Å². The van der Waals surface area contributed by atoms with Crippen molar-refractivity contribution in [1.82, 2.24) is 4.90 Å². The summed E-state index contributed by atoms with van der Waals surface area (Å²) in [6, 6.07) is 17.5. The molecule has 1 aliphatic heterocycles. The van der Waals surface area contributed by atoms with E-state index in [1.165, 1.54) is 25.7 Å². The third kappa shape index (κ3) is 5.17. The first-order valence-electron chi connectivity index (χ1n) is 9.31. The Morgan fingerprint density at radius 3 is 2.20 bits per heavy atom. The Kier molecular flexibility index (Phi) is 6.66. The number of benzene rings is 2. The summed E-state index contributed by atoms with van der Waals surface area (Å²) in [7, 11) is 0. The number of rotatable bonds is 6. The van der Waals surface area contributed by atoms with Crippen LogP contribution >= 0.6 is 11.6 Å². The number of likely N-dealkylation sites (tertiary alicyclic amines) is 1. The van der Waals surface area contributed by atoms with E-state index in [1.807, 2.05) is 30.3 Å². The Balaban J connectivity index is 1.75. The Morgan fingerprint density at radius 2 is 1.56 bits per heavy atom. The predicted molar refractivity (Wildman–Crippen MR) is 104 cm³/mol. The molecule has 0 spiro atoms. The van der Waals surface area contributed by atoms with Crippen molar-refractivity contribution in [2.75, 3.05) is 19.6 Å². The highest BCUT2D eigenvalue weighted by Crippen LogP contribution is 2.26. The standard InChI is InChI=1S/C22H26ClNO/c23-20-12-10-19(11-13-20)22(25)21(18-8-4-3-5-9-18)14-17-24-15-6-1-2-7-16-24/h3-5,8-13,21H,1-2,6-7,14-17H2. The van der Waals surface area contributed by atoms with Crippen molar-refractivity contribution in [3.63, 3.8) is 0 Å². The largest absolute Gasteiger partial charge is 0.303 e. The summed E-state index contributed by atoms with van der Waals surface area (Å²) in [4.78, 5) is 15.7. The van der Waals surface area contributed by atoms with Gasteiger partial charge in [0.25, 0.3) is 0 Å². The van der Waals surface area contributed by atoms with Crippen LogP contribution in [0.3, 0.4) is 0 Å². The molecule has 3 rings (SSSR count). The zero-order valence-electron chi connectivity index (χ0n) is 14.7. The van der Waals surface area contributed by atoms with Crippen molar-refractivity contribution in [3.05, 3.63) is 70.7 Å². The monoisotopic (exact) mass is 355 g/mol. The summed E-state index contributed by atoms with van der Waals surface area (Å²) in [5.74, 6) is 0.100. The molecule has 1 fully saturated rings. The van der Waals surface area contributed by atoms with Crippen LogP contribution in [0.1, 0.15) is 53.9 Å². The van der Waals surface area contributed by atoms with Crippen molar-refractivity contribution >= 4 is 17.4 Å². The van der Waals surface area contributed by atoms with E-state index < -0.39 is 0 Å². The quantitative estimate of drug-likeness (QED) is 0.631. The lowest BCUT2D eigenvalue weighted by molar-refractivity contribution is 0.0948. The second-order valence-electron chi connectivity index (χ2n) is 6.88. The van der Waals surface area contributed by atoms with Gasteiger partial charge in [0.05, 0.1) is 0 Å². The molecule has 132 valence electrons. The average Bonchev–Trinajstić information content (AvgIpc) is 2.92. The first-order chi connectivity index (χ1) is 12.2. The minimum absolute atomic E-state index is 0.0920. The van der Waals surface area contributed by atoms with Crippen LogP contribution in [-0.2, 0) is 0 Å². The molecule has 2 aromatic rings. The lowest BCUT2D eigenvalue weighted by Crippen LogP contribution is -2.28. The van der Waals surface area contributed by atoms with Gasteiger partial charge in [-0.2, -0.15) is 0 Å². The summed E-state index contributed by atoms with van der Waals surface area (Å²) in [6.07, 6.45) is 6.10. The molecule has 0 saturated carbocycles. The number of carbonyl (C=O) groups is 1. The predicted octanol–water partition coefficient (Wildman–Crippen LogP) is 5.57. The minimum Gasteiger partial charge on any atom is -0.303 e. The van der Waals surface area contributed by atoms with E-state index in [1.54, 1.807) is 12.1 Å². The third-order valence-electron chi connectivity index (χ3n) is 5.08. The van der Waals surface area contributed by atoms with Crippen molar-refractivity contribution < 1.29 is 4.79 Å². The molecule has 1 saturated heterocycles. The average molecular weight is 356 g/mol. The van der Waals surface area contributed by atoms with E-state index in [0.717, 1.165) is 37.2 Å². The first-order valence-corrected chi connectivity index (χ1v) is 9.69. The molecule has 1 heterocycles. The maximum absolute atomic E-state index is 13.1. The highest BCUT2D eigenvalue weighted by atomic mass is 35.5. The van der Waals surface area contributed by atoms with Gasteiger partial charge in [-0.05, 0) is 68.7 Å². The summed E-state index contributed by atoms with van der Waals surface area (Å²) in [6.45, 7) is 3.31. The van der Waals surface area contributed by atoms with Gasteiger partial charge in [-0.25, -0.2) is 0 Å². The number of carbonyl (C=O) groups excluding carboxylic acids is 1. The number of ketones is 1. The number of hydrogen-bond donors (Lipinski definition) is 0. The fourth-order valence-corrected chi connectivity index (χ4v) is 3.75. The Morgan fingerprint density at radius 1 is 0.920 bits per heavy atom. The zero-order valence-corrected chi connectivity index (χ0v) is 15.4. The minimum atomic E-state index is -0.0920. The van der Waals surface area contributed by atoms with Crippen LogP contribution in [0.15, 0.2) is 54.6 Å². The summed E-state index contributed by atoms with van der Waals surface area (Å²) >= 11 is 5.97. The third-order valence-corrected chi connectivity index (χ3v) is 5.33. The Bertz CT molecular complexity index is 660. The highest BCUT2D eigenvalue weighted by molar-refractivity contribution is 6.30. The van der Waals surface area contributed by atoms with Crippen molar-refractivity contribution in [2.24, 2.45) is 0 Å². The van der Waals surface area contributed by atoms with Crippen LogP contribution < -0.4 is 0 Å². The van der Waals surface area contributed by atoms with E-state index >= 15 is 0 Å². The normalized spacial score (nSPS) is 17.0. The van der Waals surface area contributed by atoms with Gasteiger partial charge < -0.3 is 4.90 Å². The van der Waals surface area contributed by atoms with Gasteiger partial charge in [-0.15, -0.1) is 0 Å². The second-order valence-corrected chi connectivity index (χ2v) is 7.32. The smallest absolute Gasteiger partial charge is 0.170 e. The summed E-state index contributed by atoms with van der Waals surface area (Å²) < 4.78 is 0. The number of hydrogen-bond acceptors (Lipinski definition) is 2. The van der Waals surface area contributed by atoms with Crippen LogP contribution in [0.4, 0.5) is 0 Å². The van der Waals surface area contributed by atoms with Gasteiger partial charge in [0.1, 0.15) is 0 Å². The van der Waals surface area contributed by atoms with E-state index in [0.29, 0.717) is 5.02 Å². The molecule has 1 aliphatic rings. The van der Waals surface area contributed by atoms with E-state index in [2.05, 4.69) is 17.0 Å². The van der Waals surface area contributed by atoms with Gasteiger partial charge in [0, 0.05) is 16.5 Å². The highest BCUT2D eigenvalue weighted by Gasteiger charge is 2.23. The van der Waals surface area contributed by atoms with Crippen LogP contribution in [0.2, 0.25) is 5.02 Å². The fraction of sp³-hybridized carbons (Fsp3) is 0.409. The molecule has 0 amide bonds. The second kappa shape index (κ2) is 9.17. The molecule has 0 aromatic heterocycles. The molecule has 2 aromatic carbocycles. The lowest BCUT2D eigenvalue weighted by Gasteiger charge is -2.23. The molecular formula is C22H26ClNO. The zero-order chi connectivity index (χ0) is 17.5. The van der Waals surface area contributed by atoms with Crippen LogP contribution in [0, 0.1) is 0 Å². The molecule has 1 unspecified atom stereocenters. The van der Waals surface area contributed by atoms with Gasteiger partial charge in [-0.1, -0.05) is 54.8 Å². The molecule has 25 heavy (non-hydrogen) atoms. The molecule has 0 bridgehead atoms. The van der Waals surface area contributed by atoms with Crippen molar-refractivity contribution in [3.8, 4) is 0 Å². The maximum Gasteiger partial charge on any atom is 0.170 e. The van der Waals surface area contributed by atoms with Crippen molar-refractivity contribution in [1.29, 1.82) is 0 Å². The molecule has 0 aliphatic carbocycles. The van der Waals surface area contributed by atoms with Gasteiger partial charge in [0.15, 0.2) is 5.78 Å². The van der Waals surface area contributed by atoms with Gasteiger partial charge >= 0.3 is 0 Å². The summed E-state index contributed by atoms with van der Waals surface area (Å²) in [5.41, 5.74) is 1.85. The first kappa shape index (κ1) is 18.2. The molecule has 0 N–H and O–H groups in total. The number of nitrogens with zero attached hydrogens (tertiary/aromatic N) is 1. The number of halogens is 1. The van der Waals surface area contributed by atoms with Gasteiger partial charge in [-0.3, -0.25) is 4.79 Å².